The molecule has 0 N–H and O–H groups in total. The Morgan fingerprint density at radius 1 is 1.08 bits per heavy atom. The van der Waals surface area contributed by atoms with Crippen LogP contribution in [0.5, 0.6) is 0 Å². The summed E-state index contributed by atoms with van der Waals surface area (Å²) in [7, 11) is -3.09. The van der Waals surface area contributed by atoms with Crippen LogP contribution < -0.4 is 0 Å². The van der Waals surface area contributed by atoms with Crippen molar-refractivity contribution >= 4 is 10.0 Å². The number of fused-ring (bicyclic) bond motifs is 2. The minimum Gasteiger partial charge on any atom is -0.264 e. The Kier molecular flexibility index (Phi) is 4.16. The summed E-state index contributed by atoms with van der Waals surface area (Å²) in [5, 5.41) is 0. The first-order valence-corrected chi connectivity index (χ1v) is 10.8. The number of benzene rings is 1. The maximum absolute atomic E-state index is 11.9. The van der Waals surface area contributed by atoms with Crippen molar-refractivity contribution in [2.24, 2.45) is 0 Å². The predicted octanol–water partition coefficient (Wildman–Crippen LogP) is 3.30. The topological polar surface area (TPSA) is 50.3 Å². The van der Waals surface area contributed by atoms with Crippen molar-refractivity contribution in [2.75, 3.05) is 19.3 Å². The van der Waals surface area contributed by atoms with E-state index in [0.29, 0.717) is 19.0 Å². The third-order valence-electron chi connectivity index (χ3n) is 6.05. The second-order valence-electron chi connectivity index (χ2n) is 7.41. The van der Waals surface area contributed by atoms with E-state index in [-0.39, 0.29) is 5.41 Å². The van der Waals surface area contributed by atoms with Crippen LogP contribution in [0.25, 0.3) is 0 Å². The molecule has 2 aliphatic rings. The fourth-order valence-electron chi connectivity index (χ4n) is 4.69. The molecule has 1 aliphatic carbocycles. The molecule has 5 heteroatoms. The van der Waals surface area contributed by atoms with Crippen LogP contribution in [0.1, 0.15) is 48.3 Å². The number of pyridine rings is 1. The lowest BCUT2D eigenvalue weighted by atomic mass is 9.61. The number of hydrogen-bond donors (Lipinski definition) is 0. The largest absolute Gasteiger partial charge is 0.264 e. The first kappa shape index (κ1) is 16.7. The van der Waals surface area contributed by atoms with Crippen LogP contribution in [-0.2, 0) is 15.4 Å². The van der Waals surface area contributed by atoms with Gasteiger partial charge in [-0.05, 0) is 53.9 Å². The molecule has 132 valence electrons. The maximum atomic E-state index is 11.9. The van der Waals surface area contributed by atoms with Gasteiger partial charge in [0.1, 0.15) is 0 Å². The molecule has 1 fully saturated rings. The highest BCUT2D eigenvalue weighted by Gasteiger charge is 2.43. The van der Waals surface area contributed by atoms with Crippen LogP contribution >= 0.6 is 0 Å². The zero-order valence-corrected chi connectivity index (χ0v) is 15.4. The van der Waals surface area contributed by atoms with Crippen LogP contribution in [0.2, 0.25) is 0 Å². The number of sulfonamides is 1. The lowest BCUT2D eigenvalue weighted by molar-refractivity contribution is 0.205. The SMILES string of the molecule is CS(=O)(=O)N1CCC2(CCC(c3cccnc3)c3ccccc32)CC1. The highest BCUT2D eigenvalue weighted by atomic mass is 32.2. The van der Waals surface area contributed by atoms with Crippen LogP contribution in [0.3, 0.4) is 0 Å². The fraction of sp³-hybridized carbons (Fsp3) is 0.450. The Morgan fingerprint density at radius 2 is 1.84 bits per heavy atom. The van der Waals surface area contributed by atoms with E-state index in [4.69, 9.17) is 0 Å². The molecule has 1 aromatic carbocycles. The summed E-state index contributed by atoms with van der Waals surface area (Å²) in [6.07, 6.45) is 9.15. The van der Waals surface area contributed by atoms with Gasteiger partial charge in [-0.2, -0.15) is 0 Å². The van der Waals surface area contributed by atoms with Gasteiger partial charge in [0, 0.05) is 31.4 Å². The average molecular weight is 356 g/mol. The first-order valence-electron chi connectivity index (χ1n) is 8.94. The Balaban J connectivity index is 1.68. The molecule has 1 spiro atoms. The highest BCUT2D eigenvalue weighted by Crippen LogP contribution is 2.50. The van der Waals surface area contributed by atoms with E-state index < -0.39 is 10.0 Å². The third kappa shape index (κ3) is 3.00. The summed E-state index contributed by atoms with van der Waals surface area (Å²) >= 11 is 0. The molecule has 0 amide bonds. The first-order chi connectivity index (χ1) is 12.0. The van der Waals surface area contributed by atoms with Gasteiger partial charge in [0.05, 0.1) is 6.26 Å². The second-order valence-corrected chi connectivity index (χ2v) is 9.39. The van der Waals surface area contributed by atoms with E-state index in [1.165, 1.54) is 22.9 Å². The van der Waals surface area contributed by atoms with E-state index in [1.54, 1.807) is 4.31 Å². The molecule has 25 heavy (non-hydrogen) atoms. The summed E-state index contributed by atoms with van der Waals surface area (Å²) < 4.78 is 25.4. The monoisotopic (exact) mass is 356 g/mol. The molecule has 4 rings (SSSR count). The molecule has 0 bridgehead atoms. The molecule has 1 unspecified atom stereocenters. The Morgan fingerprint density at radius 3 is 2.52 bits per heavy atom. The maximum Gasteiger partial charge on any atom is 0.211 e. The molecule has 1 aromatic heterocycles. The van der Waals surface area contributed by atoms with Crippen molar-refractivity contribution in [3.63, 3.8) is 0 Å². The zero-order chi connectivity index (χ0) is 17.5. The minimum atomic E-state index is -3.09. The molecular weight excluding hydrogens is 332 g/mol. The molecule has 2 aromatic rings. The van der Waals surface area contributed by atoms with Gasteiger partial charge in [-0.25, -0.2) is 12.7 Å². The van der Waals surface area contributed by atoms with Gasteiger partial charge in [0.2, 0.25) is 10.0 Å². The van der Waals surface area contributed by atoms with Crippen molar-refractivity contribution in [1.82, 2.24) is 9.29 Å². The van der Waals surface area contributed by atoms with Gasteiger partial charge < -0.3 is 0 Å². The third-order valence-corrected chi connectivity index (χ3v) is 7.36. The van der Waals surface area contributed by atoms with E-state index in [9.17, 15) is 8.42 Å². The lowest BCUT2D eigenvalue weighted by Crippen LogP contribution is -2.46. The smallest absolute Gasteiger partial charge is 0.211 e. The molecule has 1 aliphatic heterocycles. The molecule has 4 nitrogen and oxygen atoms in total. The summed E-state index contributed by atoms with van der Waals surface area (Å²) in [6, 6.07) is 12.9. The van der Waals surface area contributed by atoms with Crippen LogP contribution in [0, 0.1) is 0 Å². The van der Waals surface area contributed by atoms with Crippen LogP contribution in [-0.4, -0.2) is 37.1 Å². The standard InChI is InChI=1S/C20H24N2O2S/c1-25(23,24)22-13-10-20(11-14-22)9-8-17(16-5-4-12-21-15-16)18-6-2-3-7-19(18)20/h2-7,12,15,17H,8-11,13-14H2,1H3. The Labute approximate surface area is 150 Å². The van der Waals surface area contributed by atoms with Crippen LogP contribution in [0.15, 0.2) is 48.8 Å². The summed E-state index contributed by atoms with van der Waals surface area (Å²) in [5.74, 6) is 0.392. The number of hydrogen-bond acceptors (Lipinski definition) is 3. The summed E-state index contributed by atoms with van der Waals surface area (Å²) in [6.45, 7) is 1.26. The van der Waals surface area contributed by atoms with E-state index >= 15 is 0 Å². The average Bonchev–Trinajstić information content (AvgIpc) is 2.63. The quantitative estimate of drug-likeness (QED) is 0.829. The summed E-state index contributed by atoms with van der Waals surface area (Å²) in [4.78, 5) is 4.30. The van der Waals surface area contributed by atoms with Gasteiger partial charge in [-0.3, -0.25) is 4.98 Å². The van der Waals surface area contributed by atoms with Crippen molar-refractivity contribution in [1.29, 1.82) is 0 Å². The van der Waals surface area contributed by atoms with Gasteiger partial charge in [0.15, 0.2) is 0 Å². The van der Waals surface area contributed by atoms with Gasteiger partial charge in [-0.1, -0.05) is 30.3 Å². The molecule has 0 radical (unpaired) electrons. The zero-order valence-electron chi connectivity index (χ0n) is 14.6. The minimum absolute atomic E-state index is 0.122. The van der Waals surface area contributed by atoms with Crippen molar-refractivity contribution < 1.29 is 8.42 Å². The van der Waals surface area contributed by atoms with E-state index in [1.807, 2.05) is 18.5 Å². The molecular formula is C20H24N2O2S. The van der Waals surface area contributed by atoms with Crippen LogP contribution in [0.4, 0.5) is 0 Å². The van der Waals surface area contributed by atoms with Gasteiger partial charge >= 0.3 is 0 Å². The normalized spacial score (nSPS) is 23.3. The second kappa shape index (κ2) is 6.22. The lowest BCUT2D eigenvalue weighted by Gasteiger charge is -2.46. The fourth-order valence-corrected chi connectivity index (χ4v) is 5.53. The number of aromatic nitrogens is 1. The summed E-state index contributed by atoms with van der Waals surface area (Å²) in [5.41, 5.74) is 4.22. The molecule has 0 saturated carbocycles. The highest BCUT2D eigenvalue weighted by molar-refractivity contribution is 7.88. The Bertz CT molecular complexity index is 856. The van der Waals surface area contributed by atoms with Crippen molar-refractivity contribution in [3.05, 3.63) is 65.5 Å². The van der Waals surface area contributed by atoms with Gasteiger partial charge in [-0.15, -0.1) is 0 Å². The molecule has 2 heterocycles. The molecule has 1 saturated heterocycles. The number of rotatable bonds is 2. The van der Waals surface area contributed by atoms with Crippen molar-refractivity contribution in [3.8, 4) is 0 Å². The Hall–Kier alpha value is -1.72. The van der Waals surface area contributed by atoms with Crippen molar-refractivity contribution in [2.45, 2.75) is 37.0 Å². The predicted molar refractivity (Wildman–Crippen MR) is 99.1 cm³/mol. The number of piperidine rings is 1. The van der Waals surface area contributed by atoms with E-state index in [2.05, 4.69) is 35.3 Å². The molecule has 1 atom stereocenters. The van der Waals surface area contributed by atoms with Gasteiger partial charge in [0.25, 0.3) is 0 Å². The van der Waals surface area contributed by atoms with E-state index in [0.717, 1.165) is 25.7 Å². The number of nitrogens with zero attached hydrogens (tertiary/aromatic N) is 2.